The summed E-state index contributed by atoms with van der Waals surface area (Å²) >= 11 is 6.19. The maximum absolute atomic E-state index is 13.5. The number of ether oxygens (including phenoxy) is 1. The Hall–Kier alpha value is -2.63. The van der Waals surface area contributed by atoms with Gasteiger partial charge in [0.25, 0.3) is 5.91 Å². The Morgan fingerprint density at radius 3 is 2.42 bits per heavy atom. The van der Waals surface area contributed by atoms with Crippen molar-refractivity contribution in [2.75, 3.05) is 5.32 Å². The smallest absolute Gasteiger partial charge is 0.316 e. The molecule has 0 aliphatic heterocycles. The van der Waals surface area contributed by atoms with Gasteiger partial charge in [-0.3, -0.25) is 9.59 Å². The first-order valence-electron chi connectivity index (χ1n) is 13.1. The monoisotopic (exact) mass is 511 g/mol. The third-order valence-corrected chi connectivity index (χ3v) is 6.94. The zero-order valence-corrected chi connectivity index (χ0v) is 22.0. The predicted molar refractivity (Wildman–Crippen MR) is 146 cm³/mol. The number of halogens is 1. The summed E-state index contributed by atoms with van der Waals surface area (Å²) in [5, 5.41) is 14.7. The van der Waals surface area contributed by atoms with Crippen molar-refractivity contribution in [1.82, 2.24) is 0 Å². The van der Waals surface area contributed by atoms with Gasteiger partial charge < -0.3 is 15.2 Å². The highest BCUT2D eigenvalue weighted by molar-refractivity contribution is 6.20. The van der Waals surface area contributed by atoms with Crippen molar-refractivity contribution in [3.05, 3.63) is 71.8 Å². The van der Waals surface area contributed by atoms with Gasteiger partial charge in [-0.2, -0.15) is 0 Å². The zero-order chi connectivity index (χ0) is 26.0. The van der Waals surface area contributed by atoms with Crippen molar-refractivity contribution < 1.29 is 19.4 Å². The Bertz CT molecular complexity index is 1020. The van der Waals surface area contributed by atoms with Gasteiger partial charge in [-0.25, -0.2) is 0 Å². The van der Waals surface area contributed by atoms with Crippen LogP contribution in [0.2, 0.25) is 0 Å². The first-order valence-corrected chi connectivity index (χ1v) is 13.5. The van der Waals surface area contributed by atoms with Gasteiger partial charge in [-0.05, 0) is 50.3 Å². The molecule has 0 aromatic heterocycles. The molecule has 0 saturated carbocycles. The van der Waals surface area contributed by atoms with E-state index in [2.05, 4.69) is 12.2 Å². The van der Waals surface area contributed by atoms with E-state index in [0.29, 0.717) is 23.2 Å². The number of benzene rings is 2. The van der Waals surface area contributed by atoms with Crippen molar-refractivity contribution in [2.45, 2.75) is 82.3 Å². The molecule has 4 unspecified atom stereocenters. The summed E-state index contributed by atoms with van der Waals surface area (Å²) in [6.07, 6.45) is 10.7. The number of esters is 1. The van der Waals surface area contributed by atoms with E-state index in [1.807, 2.05) is 25.1 Å². The molecule has 6 heteroatoms. The molecule has 0 spiro atoms. The Morgan fingerprint density at radius 2 is 1.69 bits per heavy atom. The van der Waals surface area contributed by atoms with Crippen LogP contribution in [0.1, 0.15) is 76.3 Å². The van der Waals surface area contributed by atoms with Crippen molar-refractivity contribution in [3.63, 3.8) is 0 Å². The van der Waals surface area contributed by atoms with Gasteiger partial charge in [0, 0.05) is 16.6 Å². The topological polar surface area (TPSA) is 75.6 Å². The molecule has 2 aromatic carbocycles. The number of alkyl halides is 1. The summed E-state index contributed by atoms with van der Waals surface area (Å²) in [5.41, 5.74) is -0.496. The van der Waals surface area contributed by atoms with Gasteiger partial charge in [-0.15, -0.1) is 11.6 Å². The van der Waals surface area contributed by atoms with Crippen molar-refractivity contribution in [2.24, 2.45) is 5.92 Å². The molecule has 0 saturated heterocycles. The SMILES string of the molecule is CCCCCCCC(CCC(C)Cl)OC(=O)C1C=Cc2ccccc2C1(O)C(=O)Nc1ccccc1. The second-order valence-electron chi connectivity index (χ2n) is 9.63. The van der Waals surface area contributed by atoms with E-state index in [4.69, 9.17) is 16.3 Å². The molecule has 2 aromatic rings. The number of aliphatic hydroxyl groups is 1. The minimum Gasteiger partial charge on any atom is -0.462 e. The number of amides is 1. The highest BCUT2D eigenvalue weighted by atomic mass is 35.5. The van der Waals surface area contributed by atoms with Crippen LogP contribution >= 0.6 is 11.6 Å². The maximum atomic E-state index is 13.5. The lowest BCUT2D eigenvalue weighted by Gasteiger charge is -2.36. The Kier molecular flexibility index (Phi) is 10.6. The Balaban J connectivity index is 1.82. The third-order valence-electron chi connectivity index (χ3n) is 6.72. The van der Waals surface area contributed by atoms with Crippen LogP contribution in [0.5, 0.6) is 0 Å². The second kappa shape index (κ2) is 13.6. The normalized spacial score (nSPS) is 20.3. The average molecular weight is 512 g/mol. The van der Waals surface area contributed by atoms with Crippen LogP contribution in [0.4, 0.5) is 5.69 Å². The van der Waals surface area contributed by atoms with Gasteiger partial charge in [0.05, 0.1) is 0 Å². The average Bonchev–Trinajstić information content (AvgIpc) is 2.87. The second-order valence-corrected chi connectivity index (χ2v) is 10.4. The summed E-state index contributed by atoms with van der Waals surface area (Å²) in [6.45, 7) is 4.10. The fourth-order valence-electron chi connectivity index (χ4n) is 4.65. The van der Waals surface area contributed by atoms with Gasteiger partial charge in [0.1, 0.15) is 12.0 Å². The van der Waals surface area contributed by atoms with Gasteiger partial charge in [0.2, 0.25) is 0 Å². The number of anilines is 1. The summed E-state index contributed by atoms with van der Waals surface area (Å²) < 4.78 is 5.97. The Morgan fingerprint density at radius 1 is 1.00 bits per heavy atom. The molecule has 1 aliphatic rings. The predicted octanol–water partition coefficient (Wildman–Crippen LogP) is 6.84. The molecule has 194 valence electrons. The number of hydrogen-bond acceptors (Lipinski definition) is 4. The van der Waals surface area contributed by atoms with Crippen LogP contribution in [-0.4, -0.2) is 28.5 Å². The first-order chi connectivity index (χ1) is 17.4. The molecule has 0 radical (unpaired) electrons. The number of carbonyl (C=O) groups is 2. The van der Waals surface area contributed by atoms with Crippen molar-refractivity contribution in [1.29, 1.82) is 0 Å². The molecule has 36 heavy (non-hydrogen) atoms. The maximum Gasteiger partial charge on any atom is 0.316 e. The number of fused-ring (bicyclic) bond motifs is 1. The van der Waals surface area contributed by atoms with Gasteiger partial charge in [-0.1, -0.05) is 87.2 Å². The van der Waals surface area contributed by atoms with Crippen LogP contribution in [-0.2, 0) is 19.9 Å². The van der Waals surface area contributed by atoms with E-state index in [1.54, 1.807) is 48.6 Å². The number of unbranched alkanes of at least 4 members (excludes halogenated alkanes) is 4. The minimum atomic E-state index is -2.11. The molecule has 0 heterocycles. The highest BCUT2D eigenvalue weighted by Crippen LogP contribution is 2.40. The zero-order valence-electron chi connectivity index (χ0n) is 21.3. The summed E-state index contributed by atoms with van der Waals surface area (Å²) in [6, 6.07) is 16.0. The van der Waals surface area contributed by atoms with Crippen LogP contribution in [0.25, 0.3) is 6.08 Å². The Labute approximate surface area is 219 Å². The fourth-order valence-corrected chi connectivity index (χ4v) is 4.77. The molecule has 1 amide bonds. The molecular weight excluding hydrogens is 474 g/mol. The molecule has 1 aliphatic carbocycles. The van der Waals surface area contributed by atoms with E-state index in [9.17, 15) is 14.7 Å². The molecule has 2 N–H and O–H groups in total. The number of hydrogen-bond donors (Lipinski definition) is 2. The molecular formula is C30H38ClNO4. The lowest BCUT2D eigenvalue weighted by atomic mass is 9.74. The van der Waals surface area contributed by atoms with Gasteiger partial charge >= 0.3 is 5.97 Å². The van der Waals surface area contributed by atoms with Crippen LogP contribution < -0.4 is 5.32 Å². The van der Waals surface area contributed by atoms with Crippen molar-refractivity contribution >= 4 is 35.2 Å². The molecule has 0 fully saturated rings. The van der Waals surface area contributed by atoms with Crippen molar-refractivity contribution in [3.8, 4) is 0 Å². The fraction of sp³-hybridized carbons (Fsp3) is 0.467. The largest absolute Gasteiger partial charge is 0.462 e. The molecule has 5 nitrogen and oxygen atoms in total. The molecule has 4 atom stereocenters. The van der Waals surface area contributed by atoms with Crippen LogP contribution in [0.15, 0.2) is 60.7 Å². The lowest BCUT2D eigenvalue weighted by Crippen LogP contribution is -2.51. The van der Waals surface area contributed by atoms with E-state index >= 15 is 0 Å². The minimum absolute atomic E-state index is 0.0265. The van der Waals surface area contributed by atoms with E-state index in [1.165, 1.54) is 12.8 Å². The summed E-state index contributed by atoms with van der Waals surface area (Å²) in [5.74, 6) is -2.45. The quantitative estimate of drug-likeness (QED) is 0.175. The lowest BCUT2D eigenvalue weighted by molar-refractivity contribution is -0.167. The third kappa shape index (κ3) is 7.21. The number of rotatable bonds is 13. The summed E-state index contributed by atoms with van der Waals surface area (Å²) in [7, 11) is 0. The van der Waals surface area contributed by atoms with E-state index < -0.39 is 23.4 Å². The van der Waals surface area contributed by atoms with Gasteiger partial charge in [0.15, 0.2) is 5.60 Å². The number of nitrogens with one attached hydrogen (secondary N) is 1. The van der Waals surface area contributed by atoms with Crippen LogP contribution in [0, 0.1) is 5.92 Å². The molecule has 0 bridgehead atoms. The van der Waals surface area contributed by atoms with E-state index in [0.717, 1.165) is 32.1 Å². The van der Waals surface area contributed by atoms with Crippen LogP contribution in [0.3, 0.4) is 0 Å². The highest BCUT2D eigenvalue weighted by Gasteiger charge is 2.51. The standard InChI is InChI=1S/C30H38ClNO4/c1-3-4-5-6-10-16-25(20-18-22(2)31)36-28(33)27-21-19-23-13-11-12-17-26(23)30(27,35)29(34)32-24-14-8-7-9-15-24/h7-9,11-15,17,19,21-22,25,27,35H,3-6,10,16,18,20H2,1-2H3,(H,32,34). The first kappa shape index (κ1) is 27.9. The molecule has 3 rings (SSSR count). The number of carbonyl (C=O) groups excluding carboxylic acids is 2. The number of para-hydroxylation sites is 1. The summed E-state index contributed by atoms with van der Waals surface area (Å²) in [4.78, 5) is 27.0. The van der Waals surface area contributed by atoms with E-state index in [-0.39, 0.29) is 11.5 Å².